The highest BCUT2D eigenvalue weighted by Gasteiger charge is 2.21. The fourth-order valence-corrected chi connectivity index (χ4v) is 3.48. The lowest BCUT2D eigenvalue weighted by Crippen LogP contribution is -2.28. The van der Waals surface area contributed by atoms with Crippen molar-refractivity contribution in [3.8, 4) is 6.07 Å². The second kappa shape index (κ2) is 7.05. The van der Waals surface area contributed by atoms with E-state index in [2.05, 4.69) is 20.7 Å². The van der Waals surface area contributed by atoms with Gasteiger partial charge < -0.3 is 0 Å². The molecule has 2 rings (SSSR count). The number of benzene rings is 2. The lowest BCUT2D eigenvalue weighted by atomic mass is 10.1. The van der Waals surface area contributed by atoms with E-state index < -0.39 is 16.1 Å². The molecule has 0 aliphatic rings. The van der Waals surface area contributed by atoms with Gasteiger partial charge in [-0.05, 0) is 36.8 Å². The highest BCUT2D eigenvalue weighted by molar-refractivity contribution is 9.10. The van der Waals surface area contributed by atoms with E-state index in [9.17, 15) is 8.42 Å². The summed E-state index contributed by atoms with van der Waals surface area (Å²) in [6.45, 7) is 1.89. The number of sulfonamides is 1. The first kappa shape index (κ1) is 16.7. The summed E-state index contributed by atoms with van der Waals surface area (Å²) in [5, 5.41) is 8.96. The van der Waals surface area contributed by atoms with E-state index in [1.54, 1.807) is 36.4 Å². The molecule has 0 saturated heterocycles. The zero-order chi connectivity index (χ0) is 16.2. The Balaban J connectivity index is 2.29. The van der Waals surface area contributed by atoms with Gasteiger partial charge in [-0.15, -0.1) is 0 Å². The van der Waals surface area contributed by atoms with Crippen LogP contribution in [0.5, 0.6) is 0 Å². The Labute approximate surface area is 139 Å². The molecule has 1 N–H and O–H groups in total. The minimum absolute atomic E-state index is 0.0622. The molecule has 22 heavy (non-hydrogen) atoms. The van der Waals surface area contributed by atoms with Gasteiger partial charge in [0.1, 0.15) is 0 Å². The van der Waals surface area contributed by atoms with Gasteiger partial charge in [0.2, 0.25) is 10.0 Å². The summed E-state index contributed by atoms with van der Waals surface area (Å²) in [6.07, 6.45) is 0.0622. The third-order valence-electron chi connectivity index (χ3n) is 3.20. The van der Waals surface area contributed by atoms with Crippen LogP contribution in [0.3, 0.4) is 0 Å². The van der Waals surface area contributed by atoms with Crippen LogP contribution >= 0.6 is 15.9 Å². The van der Waals surface area contributed by atoms with Crippen molar-refractivity contribution in [2.45, 2.75) is 24.3 Å². The van der Waals surface area contributed by atoms with Gasteiger partial charge in [0.05, 0.1) is 23.4 Å². The Morgan fingerprint density at radius 3 is 2.27 bits per heavy atom. The molecule has 0 amide bonds. The molecule has 0 aliphatic heterocycles. The van der Waals surface area contributed by atoms with Crippen molar-refractivity contribution < 1.29 is 8.42 Å². The van der Waals surface area contributed by atoms with Gasteiger partial charge >= 0.3 is 0 Å². The second-order valence-electron chi connectivity index (χ2n) is 4.90. The van der Waals surface area contributed by atoms with Crippen LogP contribution in [0.15, 0.2) is 57.9 Å². The summed E-state index contributed by atoms with van der Waals surface area (Å²) >= 11 is 3.33. The van der Waals surface area contributed by atoms with Crippen molar-refractivity contribution in [1.29, 1.82) is 5.26 Å². The first-order valence-electron chi connectivity index (χ1n) is 6.64. The molecule has 0 radical (unpaired) electrons. The van der Waals surface area contributed by atoms with E-state index >= 15 is 0 Å². The lowest BCUT2D eigenvalue weighted by molar-refractivity contribution is 0.559. The maximum absolute atomic E-state index is 12.4. The highest BCUT2D eigenvalue weighted by Crippen LogP contribution is 2.22. The fraction of sp³-hybridized carbons (Fsp3) is 0.188. The Morgan fingerprint density at radius 2 is 1.73 bits per heavy atom. The summed E-state index contributed by atoms with van der Waals surface area (Å²) in [7, 11) is -3.67. The topological polar surface area (TPSA) is 70.0 Å². The molecule has 1 atom stereocenters. The molecule has 4 nitrogen and oxygen atoms in total. The predicted molar refractivity (Wildman–Crippen MR) is 88.6 cm³/mol. The Bertz CT molecular complexity index is 778. The molecule has 0 heterocycles. The predicted octanol–water partition coefficient (Wildman–Crippen LogP) is 3.69. The van der Waals surface area contributed by atoms with Gasteiger partial charge in [0.15, 0.2) is 0 Å². The Morgan fingerprint density at radius 1 is 1.14 bits per heavy atom. The number of aryl methyl sites for hydroxylation is 1. The van der Waals surface area contributed by atoms with Crippen LogP contribution < -0.4 is 4.72 Å². The van der Waals surface area contributed by atoms with Crippen molar-refractivity contribution in [2.75, 3.05) is 0 Å². The lowest BCUT2D eigenvalue weighted by Gasteiger charge is -2.17. The zero-order valence-electron chi connectivity index (χ0n) is 12.0. The third-order valence-corrected chi connectivity index (χ3v) is 5.21. The molecule has 0 fully saturated rings. The summed E-state index contributed by atoms with van der Waals surface area (Å²) < 4.78 is 28.4. The monoisotopic (exact) mass is 378 g/mol. The van der Waals surface area contributed by atoms with Gasteiger partial charge in [-0.25, -0.2) is 13.1 Å². The number of nitrogens with zero attached hydrogens (tertiary/aromatic N) is 1. The standard InChI is InChI=1S/C16H15BrN2O2S/c1-12-2-8-15(9-3-12)22(20,21)19-16(10-11-18)13-4-6-14(17)7-5-13/h2-9,16,19H,10H2,1H3. The van der Waals surface area contributed by atoms with Crippen LogP contribution in [0, 0.1) is 18.3 Å². The summed E-state index contributed by atoms with van der Waals surface area (Å²) in [5.74, 6) is 0. The maximum Gasteiger partial charge on any atom is 0.241 e. The minimum Gasteiger partial charge on any atom is -0.207 e. The van der Waals surface area contributed by atoms with Crippen LogP contribution in [0.1, 0.15) is 23.6 Å². The molecule has 0 aliphatic carbocycles. The van der Waals surface area contributed by atoms with Gasteiger partial charge in [0.25, 0.3) is 0 Å². The van der Waals surface area contributed by atoms with Gasteiger partial charge in [-0.1, -0.05) is 45.8 Å². The van der Waals surface area contributed by atoms with E-state index in [-0.39, 0.29) is 11.3 Å². The Hall–Kier alpha value is -1.68. The summed E-state index contributed by atoms with van der Waals surface area (Å²) in [6, 6.07) is 15.3. The third kappa shape index (κ3) is 4.17. The molecule has 6 heteroatoms. The molecule has 0 bridgehead atoms. The van der Waals surface area contributed by atoms with E-state index in [0.29, 0.717) is 0 Å². The quantitative estimate of drug-likeness (QED) is 0.862. The largest absolute Gasteiger partial charge is 0.241 e. The molecular weight excluding hydrogens is 364 g/mol. The molecule has 114 valence electrons. The second-order valence-corrected chi connectivity index (χ2v) is 7.53. The number of hydrogen-bond acceptors (Lipinski definition) is 3. The van der Waals surface area contributed by atoms with Crippen molar-refractivity contribution in [1.82, 2.24) is 4.72 Å². The molecule has 2 aromatic carbocycles. The van der Waals surface area contributed by atoms with Gasteiger partial charge in [-0.2, -0.15) is 5.26 Å². The smallest absolute Gasteiger partial charge is 0.207 e. The van der Waals surface area contributed by atoms with Crippen LogP contribution in [-0.4, -0.2) is 8.42 Å². The van der Waals surface area contributed by atoms with E-state index in [4.69, 9.17) is 5.26 Å². The van der Waals surface area contributed by atoms with Crippen molar-refractivity contribution in [2.24, 2.45) is 0 Å². The highest BCUT2D eigenvalue weighted by atomic mass is 79.9. The molecule has 0 saturated carbocycles. The normalized spacial score (nSPS) is 12.6. The molecule has 1 unspecified atom stereocenters. The number of nitriles is 1. The summed E-state index contributed by atoms with van der Waals surface area (Å²) in [4.78, 5) is 0.193. The summed E-state index contributed by atoms with van der Waals surface area (Å²) in [5.41, 5.74) is 1.74. The zero-order valence-corrected chi connectivity index (χ0v) is 14.4. The van der Waals surface area contributed by atoms with Crippen LogP contribution in [-0.2, 0) is 10.0 Å². The van der Waals surface area contributed by atoms with Gasteiger partial charge in [0, 0.05) is 4.47 Å². The fourth-order valence-electron chi connectivity index (χ4n) is 1.99. The first-order chi connectivity index (χ1) is 10.4. The van der Waals surface area contributed by atoms with Crippen LogP contribution in [0.2, 0.25) is 0 Å². The Kier molecular flexibility index (Phi) is 5.35. The van der Waals surface area contributed by atoms with Crippen LogP contribution in [0.25, 0.3) is 0 Å². The SMILES string of the molecule is Cc1ccc(S(=O)(=O)NC(CC#N)c2ccc(Br)cc2)cc1. The van der Waals surface area contributed by atoms with Gasteiger partial charge in [-0.3, -0.25) is 0 Å². The molecular formula is C16H15BrN2O2S. The maximum atomic E-state index is 12.4. The van der Waals surface area contributed by atoms with E-state index in [1.165, 1.54) is 0 Å². The number of halogens is 1. The van der Waals surface area contributed by atoms with Crippen molar-refractivity contribution in [3.63, 3.8) is 0 Å². The van der Waals surface area contributed by atoms with Crippen molar-refractivity contribution >= 4 is 26.0 Å². The molecule has 0 aromatic heterocycles. The van der Waals surface area contributed by atoms with Crippen molar-refractivity contribution in [3.05, 3.63) is 64.1 Å². The average molecular weight is 379 g/mol. The molecule has 0 spiro atoms. The molecule has 2 aromatic rings. The van der Waals surface area contributed by atoms with E-state index in [1.807, 2.05) is 25.1 Å². The van der Waals surface area contributed by atoms with Crippen LogP contribution in [0.4, 0.5) is 0 Å². The first-order valence-corrected chi connectivity index (χ1v) is 8.91. The number of rotatable bonds is 5. The average Bonchev–Trinajstić information content (AvgIpc) is 2.48. The number of nitrogens with one attached hydrogen (secondary N) is 1. The number of hydrogen-bond donors (Lipinski definition) is 1. The van der Waals surface area contributed by atoms with E-state index in [0.717, 1.165) is 15.6 Å². The minimum atomic E-state index is -3.67.